The molecule has 1 heterocycles. The highest BCUT2D eigenvalue weighted by Gasteiger charge is 2.25. The van der Waals surface area contributed by atoms with Crippen LogP contribution in [0.25, 0.3) is 5.69 Å². The van der Waals surface area contributed by atoms with Crippen molar-refractivity contribution in [3.05, 3.63) is 70.5 Å². The molecule has 0 aliphatic heterocycles. The van der Waals surface area contributed by atoms with Crippen molar-refractivity contribution in [3.8, 4) is 17.2 Å². The van der Waals surface area contributed by atoms with Gasteiger partial charge in [-0.05, 0) is 52.7 Å². The molecule has 0 spiro atoms. The third kappa shape index (κ3) is 5.00. The summed E-state index contributed by atoms with van der Waals surface area (Å²) < 4.78 is 18.9. The SMILES string of the molecule is COc1cc(/C(C)=N/N(C)C(=O)C(OC)c2ccc(-[n+]3ccc[nH]3)cc2)cc(OC)c1Br. The first-order valence-corrected chi connectivity index (χ1v) is 10.6. The minimum Gasteiger partial charge on any atom is -0.495 e. The first-order valence-electron chi connectivity index (χ1n) is 9.82. The molecule has 0 fully saturated rings. The second kappa shape index (κ2) is 10.4. The Bertz CT molecular complexity index is 1070. The molecule has 32 heavy (non-hydrogen) atoms. The summed E-state index contributed by atoms with van der Waals surface area (Å²) >= 11 is 3.46. The minimum atomic E-state index is -0.784. The standard InChI is InChI=1S/C23H25BrN4O4/c1-15(17-13-19(30-3)21(24)20(14-17)31-4)26-27(2)23(29)22(32-5)16-7-9-18(10-8-16)28-12-6-11-25-28/h6-14,22H,1-5H3/p+1/b26-15+. The summed E-state index contributed by atoms with van der Waals surface area (Å²) in [5, 5.41) is 8.84. The lowest BCUT2D eigenvalue weighted by molar-refractivity contribution is -0.655. The van der Waals surface area contributed by atoms with Crippen LogP contribution in [0.1, 0.15) is 24.2 Å². The lowest BCUT2D eigenvalue weighted by Gasteiger charge is -2.20. The van der Waals surface area contributed by atoms with Crippen molar-refractivity contribution in [2.24, 2.45) is 5.10 Å². The van der Waals surface area contributed by atoms with Gasteiger partial charge in [-0.3, -0.25) is 4.79 Å². The monoisotopic (exact) mass is 501 g/mol. The lowest BCUT2D eigenvalue weighted by Crippen LogP contribution is -2.32. The highest BCUT2D eigenvalue weighted by atomic mass is 79.9. The summed E-state index contributed by atoms with van der Waals surface area (Å²) in [4.78, 5) is 13.1. The molecule has 0 saturated carbocycles. The van der Waals surface area contributed by atoms with Crippen molar-refractivity contribution < 1.29 is 23.7 Å². The Morgan fingerprint density at radius 3 is 2.25 bits per heavy atom. The van der Waals surface area contributed by atoms with E-state index in [1.54, 1.807) is 21.3 Å². The molecule has 9 heteroatoms. The first-order chi connectivity index (χ1) is 15.4. The van der Waals surface area contributed by atoms with E-state index in [1.807, 2.05) is 66.5 Å². The van der Waals surface area contributed by atoms with Crippen molar-refractivity contribution in [1.82, 2.24) is 10.1 Å². The van der Waals surface area contributed by atoms with Crippen LogP contribution in [-0.2, 0) is 9.53 Å². The number of amides is 1. The fourth-order valence-corrected chi connectivity index (χ4v) is 3.78. The summed E-state index contributed by atoms with van der Waals surface area (Å²) in [5.74, 6) is 0.929. The molecular formula is C23H26BrN4O4+. The number of hydrogen-bond donors (Lipinski definition) is 1. The summed E-state index contributed by atoms with van der Waals surface area (Å²) in [5.41, 5.74) is 3.07. The van der Waals surface area contributed by atoms with E-state index in [4.69, 9.17) is 14.2 Å². The number of hydrogen-bond acceptors (Lipinski definition) is 5. The average molecular weight is 502 g/mol. The van der Waals surface area contributed by atoms with E-state index in [1.165, 1.54) is 12.1 Å². The molecule has 2 aromatic carbocycles. The molecule has 3 rings (SSSR count). The first kappa shape index (κ1) is 23.5. The molecule has 0 aliphatic rings. The maximum absolute atomic E-state index is 13.1. The van der Waals surface area contributed by atoms with Gasteiger partial charge in [-0.1, -0.05) is 4.68 Å². The molecule has 0 radical (unpaired) electrons. The Morgan fingerprint density at radius 2 is 1.75 bits per heavy atom. The molecule has 0 saturated heterocycles. The van der Waals surface area contributed by atoms with Crippen LogP contribution in [0.2, 0.25) is 0 Å². The number of rotatable bonds is 8. The van der Waals surface area contributed by atoms with Gasteiger partial charge in [0.25, 0.3) is 5.91 Å². The van der Waals surface area contributed by atoms with Gasteiger partial charge in [0, 0.05) is 37.9 Å². The lowest BCUT2D eigenvalue weighted by atomic mass is 10.1. The molecule has 1 N–H and O–H groups in total. The van der Waals surface area contributed by atoms with E-state index in [-0.39, 0.29) is 5.91 Å². The molecule has 1 atom stereocenters. The van der Waals surface area contributed by atoms with Crippen molar-refractivity contribution in [2.75, 3.05) is 28.4 Å². The number of likely N-dealkylation sites (N-methyl/N-ethyl adjacent to an activating group) is 1. The van der Waals surface area contributed by atoms with Gasteiger partial charge in [0.2, 0.25) is 11.9 Å². The summed E-state index contributed by atoms with van der Waals surface area (Å²) in [6.07, 6.45) is 2.96. The van der Waals surface area contributed by atoms with E-state index in [9.17, 15) is 4.79 Å². The minimum absolute atomic E-state index is 0.289. The molecule has 1 amide bonds. The Kier molecular flexibility index (Phi) is 7.66. The molecule has 1 unspecified atom stereocenters. The number of ether oxygens (including phenoxy) is 3. The number of nitrogens with one attached hydrogen (secondary N) is 1. The fraction of sp³-hybridized carbons (Fsp3) is 0.261. The van der Waals surface area contributed by atoms with Crippen LogP contribution < -0.4 is 14.2 Å². The van der Waals surface area contributed by atoms with E-state index in [0.29, 0.717) is 21.7 Å². The molecule has 0 aliphatic carbocycles. The van der Waals surface area contributed by atoms with Gasteiger partial charge in [-0.25, -0.2) is 5.01 Å². The Morgan fingerprint density at radius 1 is 1.12 bits per heavy atom. The molecule has 168 valence electrons. The second-order valence-electron chi connectivity index (χ2n) is 6.96. The van der Waals surface area contributed by atoms with Crippen LogP contribution in [0.5, 0.6) is 11.5 Å². The summed E-state index contributed by atoms with van der Waals surface area (Å²) in [6, 6.07) is 13.1. The van der Waals surface area contributed by atoms with E-state index < -0.39 is 6.10 Å². The number of carbonyl (C=O) groups excluding carboxylic acids is 1. The number of halogens is 1. The Balaban J connectivity index is 1.82. The highest BCUT2D eigenvalue weighted by molar-refractivity contribution is 9.10. The van der Waals surface area contributed by atoms with Gasteiger partial charge in [0.05, 0.1) is 26.1 Å². The average Bonchev–Trinajstić information content (AvgIpc) is 3.35. The van der Waals surface area contributed by atoms with E-state index >= 15 is 0 Å². The molecule has 0 bridgehead atoms. The topological polar surface area (TPSA) is 80.0 Å². The van der Waals surface area contributed by atoms with Crippen molar-refractivity contribution in [1.29, 1.82) is 0 Å². The third-order valence-corrected chi connectivity index (χ3v) is 5.74. The molecule has 8 nitrogen and oxygen atoms in total. The second-order valence-corrected chi connectivity index (χ2v) is 7.75. The zero-order valence-corrected chi connectivity index (χ0v) is 20.2. The largest absolute Gasteiger partial charge is 0.495 e. The van der Waals surface area contributed by atoms with E-state index in [2.05, 4.69) is 26.1 Å². The van der Waals surface area contributed by atoms with Gasteiger partial charge in [0.1, 0.15) is 16.0 Å². The van der Waals surface area contributed by atoms with Gasteiger partial charge in [-0.15, -0.1) is 0 Å². The maximum Gasteiger partial charge on any atom is 0.276 e. The van der Waals surface area contributed by atoms with Crippen LogP contribution in [-0.4, -0.2) is 50.1 Å². The van der Waals surface area contributed by atoms with Crippen LogP contribution >= 0.6 is 15.9 Å². The quantitative estimate of drug-likeness (QED) is 0.290. The number of carbonyl (C=O) groups is 1. The maximum atomic E-state index is 13.1. The zero-order chi connectivity index (χ0) is 23.3. The smallest absolute Gasteiger partial charge is 0.276 e. The highest BCUT2D eigenvalue weighted by Crippen LogP contribution is 2.35. The van der Waals surface area contributed by atoms with Crippen molar-refractivity contribution in [3.63, 3.8) is 0 Å². The van der Waals surface area contributed by atoms with Crippen molar-refractivity contribution in [2.45, 2.75) is 13.0 Å². The fourth-order valence-electron chi connectivity index (χ4n) is 3.23. The number of aromatic nitrogens is 2. The molecular weight excluding hydrogens is 476 g/mol. The van der Waals surface area contributed by atoms with Gasteiger partial charge in [0.15, 0.2) is 6.10 Å². The number of hydrazone groups is 1. The molecule has 1 aromatic heterocycles. The number of H-pyrrole nitrogens is 1. The van der Waals surface area contributed by atoms with Gasteiger partial charge < -0.3 is 14.2 Å². The summed E-state index contributed by atoms with van der Waals surface area (Å²) in [7, 11) is 6.27. The zero-order valence-electron chi connectivity index (χ0n) is 18.6. The third-order valence-electron chi connectivity index (χ3n) is 4.96. The van der Waals surface area contributed by atoms with Gasteiger partial charge in [-0.2, -0.15) is 10.2 Å². The number of methoxy groups -OCH3 is 3. The summed E-state index contributed by atoms with van der Waals surface area (Å²) in [6.45, 7) is 1.82. The number of aromatic amines is 1. The van der Waals surface area contributed by atoms with Crippen LogP contribution in [0, 0.1) is 0 Å². The Hall–Kier alpha value is -3.17. The van der Waals surface area contributed by atoms with Crippen molar-refractivity contribution >= 4 is 27.5 Å². The number of nitrogens with zero attached hydrogens (tertiary/aromatic N) is 3. The van der Waals surface area contributed by atoms with Gasteiger partial charge >= 0.3 is 0 Å². The molecule has 3 aromatic rings. The van der Waals surface area contributed by atoms with E-state index in [0.717, 1.165) is 16.8 Å². The predicted molar refractivity (Wildman–Crippen MR) is 124 cm³/mol. The normalized spacial score (nSPS) is 12.4. The van der Waals surface area contributed by atoms with Crippen LogP contribution in [0.4, 0.5) is 0 Å². The Labute approximate surface area is 195 Å². The number of benzene rings is 2. The van der Waals surface area contributed by atoms with Crippen LogP contribution in [0.15, 0.2) is 64.4 Å². The predicted octanol–water partition coefficient (Wildman–Crippen LogP) is 3.64. The van der Waals surface area contributed by atoms with Crippen LogP contribution in [0.3, 0.4) is 0 Å².